The van der Waals surface area contributed by atoms with Crippen molar-refractivity contribution < 1.29 is 18.3 Å². The summed E-state index contributed by atoms with van der Waals surface area (Å²) in [6.45, 7) is 1.62. The molecule has 1 aromatic carbocycles. The molecular formula is C11H7F3NO-. The lowest BCUT2D eigenvalue weighted by atomic mass is 10.1. The van der Waals surface area contributed by atoms with Crippen LogP contribution in [0.15, 0.2) is 24.3 Å². The number of hydrogen-bond acceptors (Lipinski definition) is 2. The number of pyridine rings is 1. The molecule has 16 heavy (non-hydrogen) atoms. The predicted molar refractivity (Wildman–Crippen MR) is 50.9 cm³/mol. The summed E-state index contributed by atoms with van der Waals surface area (Å²) in [5, 5.41) is 11.7. The van der Waals surface area contributed by atoms with Gasteiger partial charge in [0.25, 0.3) is 0 Å². The number of rotatable bonds is 0. The van der Waals surface area contributed by atoms with Crippen molar-refractivity contribution in [3.05, 3.63) is 35.5 Å². The monoisotopic (exact) mass is 226 g/mol. The van der Waals surface area contributed by atoms with Crippen molar-refractivity contribution in [2.45, 2.75) is 13.1 Å². The number of aromatic nitrogens is 1. The molecule has 0 amide bonds. The highest BCUT2D eigenvalue weighted by Crippen LogP contribution is 2.33. The van der Waals surface area contributed by atoms with Crippen LogP contribution in [0.2, 0.25) is 0 Å². The molecule has 0 atom stereocenters. The lowest BCUT2D eigenvalue weighted by molar-refractivity contribution is -0.266. The van der Waals surface area contributed by atoms with Gasteiger partial charge in [0.2, 0.25) is 0 Å². The number of fused-ring (bicyclic) bond motifs is 1. The Bertz CT molecular complexity index is 549. The van der Waals surface area contributed by atoms with E-state index < -0.39 is 17.6 Å². The molecule has 0 aliphatic carbocycles. The van der Waals surface area contributed by atoms with Crippen LogP contribution in [-0.2, 0) is 6.18 Å². The van der Waals surface area contributed by atoms with Crippen LogP contribution in [0.4, 0.5) is 13.2 Å². The van der Waals surface area contributed by atoms with E-state index in [1.165, 1.54) is 6.07 Å². The van der Waals surface area contributed by atoms with Gasteiger partial charge in [-0.05, 0) is 23.9 Å². The van der Waals surface area contributed by atoms with Crippen molar-refractivity contribution >= 4 is 10.9 Å². The fraction of sp³-hybridized carbons (Fsp3) is 0.182. The van der Waals surface area contributed by atoms with Gasteiger partial charge in [-0.2, -0.15) is 13.2 Å². The molecule has 84 valence electrons. The molecule has 0 N–H and O–H groups in total. The predicted octanol–water partition coefficient (Wildman–Crippen LogP) is 2.64. The third-order valence-electron chi connectivity index (χ3n) is 2.29. The van der Waals surface area contributed by atoms with E-state index in [4.69, 9.17) is 0 Å². The minimum atomic E-state index is -4.59. The van der Waals surface area contributed by atoms with Gasteiger partial charge in [-0.15, -0.1) is 0 Å². The van der Waals surface area contributed by atoms with Gasteiger partial charge < -0.3 is 5.11 Å². The molecule has 0 unspecified atom stereocenters. The molecule has 2 nitrogen and oxygen atoms in total. The van der Waals surface area contributed by atoms with Crippen LogP contribution in [0.5, 0.6) is 5.75 Å². The highest BCUT2D eigenvalue weighted by Gasteiger charge is 2.32. The van der Waals surface area contributed by atoms with E-state index in [2.05, 4.69) is 4.98 Å². The molecular weight excluding hydrogens is 219 g/mol. The molecule has 0 radical (unpaired) electrons. The standard InChI is InChI=1S/C11H8F3NO/c1-6-3-2-4-7-8(16)5-9(11(12,13)14)15-10(6)7/h2-5H,1H3,(H,15,16)/p-1. The maximum atomic E-state index is 12.4. The molecule has 0 bridgehead atoms. The Balaban J connectivity index is 2.81. The molecule has 1 heterocycles. The van der Waals surface area contributed by atoms with Gasteiger partial charge in [0.1, 0.15) is 5.69 Å². The quantitative estimate of drug-likeness (QED) is 0.692. The maximum Gasteiger partial charge on any atom is 0.433 e. The van der Waals surface area contributed by atoms with Gasteiger partial charge in [-0.3, -0.25) is 0 Å². The number of para-hydroxylation sites is 1. The largest absolute Gasteiger partial charge is 0.872 e. The third-order valence-corrected chi connectivity index (χ3v) is 2.29. The fourth-order valence-electron chi connectivity index (χ4n) is 1.51. The van der Waals surface area contributed by atoms with Crippen LogP contribution < -0.4 is 5.11 Å². The van der Waals surface area contributed by atoms with Crippen molar-refractivity contribution in [1.82, 2.24) is 4.98 Å². The summed E-state index contributed by atoms with van der Waals surface area (Å²) in [6, 6.07) is 5.24. The van der Waals surface area contributed by atoms with Crippen molar-refractivity contribution in [3.63, 3.8) is 0 Å². The summed E-state index contributed by atoms with van der Waals surface area (Å²) in [7, 11) is 0. The Hall–Kier alpha value is -1.78. The van der Waals surface area contributed by atoms with Gasteiger partial charge >= 0.3 is 6.18 Å². The lowest BCUT2D eigenvalue weighted by Gasteiger charge is -2.15. The number of alkyl halides is 3. The Morgan fingerprint density at radius 1 is 1.25 bits per heavy atom. The molecule has 0 aliphatic rings. The third kappa shape index (κ3) is 1.68. The molecule has 0 fully saturated rings. The zero-order chi connectivity index (χ0) is 11.9. The molecule has 0 saturated heterocycles. The van der Waals surface area contributed by atoms with Crippen LogP contribution in [0.25, 0.3) is 10.9 Å². The zero-order valence-electron chi connectivity index (χ0n) is 8.30. The molecule has 5 heteroatoms. The number of nitrogens with zero attached hydrogens (tertiary/aromatic N) is 1. The molecule has 1 aromatic heterocycles. The van der Waals surface area contributed by atoms with Gasteiger partial charge in [0, 0.05) is 0 Å². The molecule has 0 aliphatic heterocycles. The van der Waals surface area contributed by atoms with Gasteiger partial charge in [-0.25, -0.2) is 4.98 Å². The van der Waals surface area contributed by atoms with Crippen molar-refractivity contribution in [2.24, 2.45) is 0 Å². The first-order valence-corrected chi connectivity index (χ1v) is 4.54. The average Bonchev–Trinajstić information content (AvgIpc) is 2.18. The number of hydrogen-bond donors (Lipinski definition) is 0. The summed E-state index contributed by atoms with van der Waals surface area (Å²) >= 11 is 0. The first-order chi connectivity index (χ1) is 7.39. The fourth-order valence-corrected chi connectivity index (χ4v) is 1.51. The van der Waals surface area contributed by atoms with E-state index in [1.807, 2.05) is 0 Å². The Morgan fingerprint density at radius 3 is 2.56 bits per heavy atom. The van der Waals surface area contributed by atoms with E-state index in [0.717, 1.165) is 0 Å². The van der Waals surface area contributed by atoms with Crippen LogP contribution >= 0.6 is 0 Å². The minimum absolute atomic E-state index is 0.113. The lowest BCUT2D eigenvalue weighted by Crippen LogP contribution is -2.09. The SMILES string of the molecule is Cc1cccc2c([O-])cc(C(F)(F)F)nc12. The summed E-state index contributed by atoms with van der Waals surface area (Å²) < 4.78 is 37.3. The zero-order valence-corrected chi connectivity index (χ0v) is 8.30. The topological polar surface area (TPSA) is 36.0 Å². The van der Waals surface area contributed by atoms with E-state index >= 15 is 0 Å². The van der Waals surface area contributed by atoms with Crippen LogP contribution in [-0.4, -0.2) is 4.98 Å². The minimum Gasteiger partial charge on any atom is -0.872 e. The van der Waals surface area contributed by atoms with E-state index in [9.17, 15) is 18.3 Å². The Labute approximate surface area is 89.4 Å². The highest BCUT2D eigenvalue weighted by molar-refractivity contribution is 5.87. The van der Waals surface area contributed by atoms with Crippen molar-refractivity contribution in [3.8, 4) is 5.75 Å². The number of aryl methyl sites for hydroxylation is 1. The Morgan fingerprint density at radius 2 is 1.94 bits per heavy atom. The van der Waals surface area contributed by atoms with Crippen molar-refractivity contribution in [1.29, 1.82) is 0 Å². The van der Waals surface area contributed by atoms with Crippen LogP contribution in [0.3, 0.4) is 0 Å². The molecule has 2 rings (SSSR count). The first kappa shape index (κ1) is 10.7. The van der Waals surface area contributed by atoms with Crippen LogP contribution in [0, 0.1) is 6.92 Å². The highest BCUT2D eigenvalue weighted by atomic mass is 19.4. The van der Waals surface area contributed by atoms with Crippen LogP contribution in [0.1, 0.15) is 11.3 Å². The van der Waals surface area contributed by atoms with Gasteiger partial charge in [-0.1, -0.05) is 23.9 Å². The second kappa shape index (κ2) is 3.37. The first-order valence-electron chi connectivity index (χ1n) is 4.54. The molecule has 0 saturated carbocycles. The second-order valence-corrected chi connectivity index (χ2v) is 3.47. The van der Waals surface area contributed by atoms with E-state index in [-0.39, 0.29) is 10.9 Å². The summed E-state index contributed by atoms with van der Waals surface area (Å²) in [6.07, 6.45) is -4.59. The smallest absolute Gasteiger partial charge is 0.433 e. The van der Waals surface area contributed by atoms with Gasteiger partial charge in [0.05, 0.1) is 5.52 Å². The Kier molecular flexibility index (Phi) is 2.26. The average molecular weight is 226 g/mol. The summed E-state index contributed by atoms with van der Waals surface area (Å²) in [4.78, 5) is 3.48. The number of benzene rings is 1. The summed E-state index contributed by atoms with van der Waals surface area (Å²) in [5.74, 6) is -0.652. The van der Waals surface area contributed by atoms with E-state index in [0.29, 0.717) is 11.6 Å². The maximum absolute atomic E-state index is 12.4. The molecule has 0 spiro atoms. The van der Waals surface area contributed by atoms with Gasteiger partial charge in [0.15, 0.2) is 0 Å². The molecule has 2 aromatic rings. The number of halogens is 3. The van der Waals surface area contributed by atoms with Crippen molar-refractivity contribution in [2.75, 3.05) is 0 Å². The van der Waals surface area contributed by atoms with E-state index in [1.54, 1.807) is 19.1 Å². The summed E-state index contributed by atoms with van der Waals surface area (Å²) in [5.41, 5.74) is -0.470. The normalized spacial score (nSPS) is 12.0. The second-order valence-electron chi connectivity index (χ2n) is 3.47.